The van der Waals surface area contributed by atoms with Crippen LogP contribution in [0.5, 0.6) is 0 Å². The van der Waals surface area contributed by atoms with Crippen molar-refractivity contribution in [3.63, 3.8) is 0 Å². The summed E-state index contributed by atoms with van der Waals surface area (Å²) < 4.78 is 27.0. The van der Waals surface area contributed by atoms with Crippen molar-refractivity contribution < 1.29 is 38.5 Å². The summed E-state index contributed by atoms with van der Waals surface area (Å²) in [5.41, 5.74) is -4.45. The van der Waals surface area contributed by atoms with E-state index < -0.39 is 58.6 Å². The van der Waals surface area contributed by atoms with E-state index in [9.17, 15) is 24.6 Å². The van der Waals surface area contributed by atoms with Gasteiger partial charge in [-0.1, -0.05) is 13.0 Å². The monoisotopic (exact) mass is 512 g/mol. The zero-order valence-corrected chi connectivity index (χ0v) is 19.6. The first-order chi connectivity index (χ1) is 14.8. The van der Waals surface area contributed by atoms with E-state index in [2.05, 4.69) is 15.9 Å². The van der Waals surface area contributed by atoms with Gasteiger partial charge >= 0.3 is 5.97 Å². The summed E-state index contributed by atoms with van der Waals surface area (Å²) in [6.45, 7) is 4.13. The molecular formula is C23H26BrFO7. The Morgan fingerprint density at radius 2 is 2.00 bits per heavy atom. The molecule has 5 aliphatic rings. The number of halogens is 2. The summed E-state index contributed by atoms with van der Waals surface area (Å²) in [6, 6.07) is 0. The number of esters is 1. The topological polar surface area (TPSA) is 113 Å². The lowest BCUT2D eigenvalue weighted by Crippen LogP contribution is -2.64. The van der Waals surface area contributed by atoms with E-state index in [0.717, 1.165) is 6.92 Å². The van der Waals surface area contributed by atoms with Gasteiger partial charge in [-0.3, -0.25) is 14.4 Å². The van der Waals surface area contributed by atoms with Crippen LogP contribution < -0.4 is 0 Å². The van der Waals surface area contributed by atoms with E-state index >= 15 is 4.39 Å². The van der Waals surface area contributed by atoms with Crippen molar-refractivity contribution in [1.82, 2.24) is 0 Å². The molecule has 32 heavy (non-hydrogen) atoms. The molecule has 1 heterocycles. The van der Waals surface area contributed by atoms with Crippen LogP contribution in [0.15, 0.2) is 22.2 Å². The Balaban J connectivity index is 1.56. The average molecular weight is 513 g/mol. The first kappa shape index (κ1) is 22.4. The number of fused-ring (bicyclic) bond motifs is 3. The van der Waals surface area contributed by atoms with Crippen molar-refractivity contribution in [1.29, 1.82) is 0 Å². The van der Waals surface area contributed by atoms with Crippen LogP contribution in [0.25, 0.3) is 0 Å². The van der Waals surface area contributed by atoms with Crippen LogP contribution in [-0.2, 0) is 23.9 Å². The van der Waals surface area contributed by atoms with E-state index in [1.165, 1.54) is 6.08 Å². The molecular weight excluding hydrogens is 487 g/mol. The third-order valence-corrected chi connectivity index (χ3v) is 9.65. The maximum atomic E-state index is 15.5. The van der Waals surface area contributed by atoms with Gasteiger partial charge in [-0.2, -0.15) is 0 Å². The number of hydrogen-bond donors (Lipinski definition) is 2. The number of allylic oxidation sites excluding steroid dienone is 2. The van der Waals surface area contributed by atoms with Gasteiger partial charge in [0.05, 0.1) is 16.7 Å². The molecule has 0 radical (unpaired) electrons. The van der Waals surface area contributed by atoms with Crippen molar-refractivity contribution in [3.8, 4) is 0 Å². The summed E-state index contributed by atoms with van der Waals surface area (Å²) in [6.07, 6.45) is 0.430. The van der Waals surface area contributed by atoms with Crippen LogP contribution in [0, 0.1) is 22.7 Å². The number of Topliss-reactive ketones (excluding diaryl/α,β-unsaturated/α-hetero) is 1. The standard InChI is InChI=1S/C23H26BrFO7/c1-10(26)31-9-18(29)22(30)17(28)6-11-12-4-15(25)13-5-16(27)14(24)7-21(13,3)23(12)19(32-23)8-20(11,22)2/h5,7,11-12,15,17,19,28,30H,4,6,8-9H2,1-3H3/t11-,12-,15+,17+,19?,20-,21-,22-,23?/m0/s1. The Morgan fingerprint density at radius 3 is 2.66 bits per heavy atom. The molecule has 4 aliphatic carbocycles. The fourth-order valence-electron chi connectivity index (χ4n) is 7.49. The zero-order valence-electron chi connectivity index (χ0n) is 18.1. The maximum absolute atomic E-state index is 15.5. The number of hydrogen-bond acceptors (Lipinski definition) is 7. The highest BCUT2D eigenvalue weighted by Gasteiger charge is 2.83. The third-order valence-electron chi connectivity index (χ3n) is 9.03. The molecule has 1 aliphatic heterocycles. The number of carbonyl (C=O) groups excluding carboxylic acids is 3. The summed E-state index contributed by atoms with van der Waals surface area (Å²) >= 11 is 3.30. The molecule has 2 unspecified atom stereocenters. The Morgan fingerprint density at radius 1 is 1.31 bits per heavy atom. The molecule has 1 saturated heterocycles. The highest BCUT2D eigenvalue weighted by molar-refractivity contribution is 9.12. The van der Waals surface area contributed by atoms with Crippen LogP contribution in [0.4, 0.5) is 4.39 Å². The molecule has 2 N–H and O–H groups in total. The third kappa shape index (κ3) is 2.43. The van der Waals surface area contributed by atoms with Gasteiger partial charge in [-0.15, -0.1) is 0 Å². The summed E-state index contributed by atoms with van der Waals surface area (Å²) in [5.74, 6) is -2.48. The molecule has 0 amide bonds. The second kappa shape index (κ2) is 6.58. The number of aliphatic hydroxyl groups is 2. The average Bonchev–Trinajstić information content (AvgIpc) is 3.39. The number of ketones is 2. The first-order valence-corrected chi connectivity index (χ1v) is 11.7. The lowest BCUT2D eigenvalue weighted by molar-refractivity contribution is -0.178. The van der Waals surface area contributed by atoms with Gasteiger partial charge in [0.25, 0.3) is 0 Å². The molecule has 1 spiro atoms. The minimum atomic E-state index is -2.13. The lowest BCUT2D eigenvalue weighted by atomic mass is 9.46. The zero-order chi connectivity index (χ0) is 23.4. The quantitative estimate of drug-likeness (QED) is 0.438. The predicted molar refractivity (Wildman–Crippen MR) is 112 cm³/mol. The van der Waals surface area contributed by atoms with Crippen LogP contribution in [0.3, 0.4) is 0 Å². The van der Waals surface area contributed by atoms with E-state index in [1.54, 1.807) is 13.0 Å². The van der Waals surface area contributed by atoms with Crippen LogP contribution >= 0.6 is 15.9 Å². The molecule has 5 rings (SSSR count). The maximum Gasteiger partial charge on any atom is 0.303 e. The molecule has 4 fully saturated rings. The summed E-state index contributed by atoms with van der Waals surface area (Å²) in [4.78, 5) is 36.4. The molecule has 0 bridgehead atoms. The number of alkyl halides is 1. The van der Waals surface area contributed by atoms with Gasteiger partial charge < -0.3 is 19.7 Å². The SMILES string of the molecule is CC(=O)OCC(=O)[C@@]1(O)[C@H](O)C[C@H]2[C@@H]3C[C@@H](F)C4=CC(=O)C(Br)=C[C@]4(C)C34OC4C[C@@]21C. The molecule has 9 atom stereocenters. The molecule has 0 aromatic heterocycles. The summed E-state index contributed by atoms with van der Waals surface area (Å²) in [5, 5.41) is 22.4. The number of epoxide rings is 1. The summed E-state index contributed by atoms with van der Waals surface area (Å²) in [7, 11) is 0. The van der Waals surface area contributed by atoms with Crippen LogP contribution in [-0.4, -0.2) is 63.9 Å². The van der Waals surface area contributed by atoms with Crippen molar-refractivity contribution in [2.75, 3.05) is 6.61 Å². The number of carbonyl (C=O) groups is 3. The predicted octanol–water partition coefficient (Wildman–Crippen LogP) is 1.93. The second-order valence-electron chi connectivity index (χ2n) is 10.3. The second-order valence-corrected chi connectivity index (χ2v) is 11.2. The van der Waals surface area contributed by atoms with Gasteiger partial charge in [0.15, 0.2) is 18.0 Å². The van der Waals surface area contributed by atoms with Crippen molar-refractivity contribution in [2.45, 2.75) is 69.6 Å². The largest absolute Gasteiger partial charge is 0.458 e. The number of ether oxygens (including phenoxy) is 2. The Bertz CT molecular complexity index is 1010. The van der Waals surface area contributed by atoms with E-state index in [-0.39, 0.29) is 37.1 Å². The molecule has 174 valence electrons. The van der Waals surface area contributed by atoms with E-state index in [1.807, 2.05) is 6.92 Å². The highest BCUT2D eigenvalue weighted by Crippen LogP contribution is 2.76. The highest BCUT2D eigenvalue weighted by atomic mass is 79.9. The molecule has 0 aromatic carbocycles. The van der Waals surface area contributed by atoms with Crippen LogP contribution in [0.1, 0.15) is 40.0 Å². The normalized spacial score (nSPS) is 50.8. The first-order valence-electron chi connectivity index (χ1n) is 10.9. The Kier molecular flexibility index (Phi) is 4.60. The van der Waals surface area contributed by atoms with Crippen molar-refractivity contribution in [2.24, 2.45) is 22.7 Å². The Hall–Kier alpha value is -1.42. The smallest absolute Gasteiger partial charge is 0.303 e. The van der Waals surface area contributed by atoms with Gasteiger partial charge in [0.2, 0.25) is 5.78 Å². The molecule has 3 saturated carbocycles. The van der Waals surface area contributed by atoms with Gasteiger partial charge in [-0.25, -0.2) is 4.39 Å². The van der Waals surface area contributed by atoms with Crippen molar-refractivity contribution in [3.05, 3.63) is 22.2 Å². The fraction of sp³-hybridized carbons (Fsp3) is 0.696. The van der Waals surface area contributed by atoms with Crippen molar-refractivity contribution >= 4 is 33.5 Å². The minimum absolute atomic E-state index is 0.0812. The van der Waals surface area contributed by atoms with Gasteiger partial charge in [-0.05, 0) is 65.6 Å². The number of rotatable bonds is 3. The fourth-order valence-corrected chi connectivity index (χ4v) is 8.06. The lowest BCUT2D eigenvalue weighted by Gasteiger charge is -2.56. The van der Waals surface area contributed by atoms with Gasteiger partial charge in [0.1, 0.15) is 11.8 Å². The number of aliphatic hydroxyl groups excluding tert-OH is 1. The molecule has 0 aromatic rings. The van der Waals surface area contributed by atoms with Crippen LogP contribution in [0.2, 0.25) is 0 Å². The minimum Gasteiger partial charge on any atom is -0.458 e. The Labute approximate surface area is 193 Å². The van der Waals surface area contributed by atoms with Gasteiger partial charge in [0, 0.05) is 17.8 Å². The molecule has 9 heteroatoms. The van der Waals surface area contributed by atoms with E-state index in [4.69, 9.17) is 9.47 Å². The molecule has 7 nitrogen and oxygen atoms in total. The van der Waals surface area contributed by atoms with E-state index in [0.29, 0.717) is 10.1 Å².